The molecule has 0 aliphatic carbocycles. The van der Waals surface area contributed by atoms with Crippen LogP contribution in [0.1, 0.15) is 33.1 Å². The number of nitrogens with one attached hydrogen (secondary N) is 1. The minimum Gasteiger partial charge on any atom is -0.370 e. The maximum atomic E-state index is 11.9. The number of nitrogens with two attached hydrogens (primary N) is 1. The largest absolute Gasteiger partial charge is 0.370 e. The lowest BCUT2D eigenvalue weighted by Gasteiger charge is -2.27. The Morgan fingerprint density at radius 3 is 2.78 bits per heavy atom. The number of nitriles is 1. The molecule has 3 N–H and O–H groups in total. The van der Waals surface area contributed by atoms with Crippen molar-refractivity contribution < 1.29 is 9.59 Å². The minimum atomic E-state index is -0.511. The summed E-state index contributed by atoms with van der Waals surface area (Å²) in [7, 11) is 0. The highest BCUT2D eigenvalue weighted by Gasteiger charge is 2.29. The van der Waals surface area contributed by atoms with Crippen LogP contribution in [0.15, 0.2) is 0 Å². The molecule has 1 heterocycles. The van der Waals surface area contributed by atoms with Crippen molar-refractivity contribution in [2.24, 2.45) is 5.73 Å². The van der Waals surface area contributed by atoms with Crippen molar-refractivity contribution >= 4 is 11.8 Å². The zero-order chi connectivity index (χ0) is 13.8. The van der Waals surface area contributed by atoms with Crippen molar-refractivity contribution in [1.29, 1.82) is 5.26 Å². The van der Waals surface area contributed by atoms with Gasteiger partial charge in [-0.25, -0.2) is 0 Å². The maximum absolute atomic E-state index is 11.9. The van der Waals surface area contributed by atoms with Crippen LogP contribution >= 0.6 is 0 Å². The van der Waals surface area contributed by atoms with E-state index >= 15 is 0 Å². The summed E-state index contributed by atoms with van der Waals surface area (Å²) >= 11 is 0. The lowest BCUT2D eigenvalue weighted by atomic mass is 10.0. The Morgan fingerprint density at radius 2 is 2.22 bits per heavy atom. The van der Waals surface area contributed by atoms with Gasteiger partial charge >= 0.3 is 0 Å². The van der Waals surface area contributed by atoms with E-state index in [1.165, 1.54) is 0 Å². The van der Waals surface area contributed by atoms with E-state index < -0.39 is 11.4 Å². The number of carbonyl (C=O) groups is 2. The molecule has 1 aliphatic rings. The fraction of sp³-hybridized carbons (Fsp3) is 0.750. The van der Waals surface area contributed by atoms with Crippen LogP contribution in [0.25, 0.3) is 0 Å². The van der Waals surface area contributed by atoms with Gasteiger partial charge in [-0.1, -0.05) is 0 Å². The van der Waals surface area contributed by atoms with Crippen LogP contribution in [0, 0.1) is 11.3 Å². The third-order valence-electron chi connectivity index (χ3n) is 3.06. The minimum absolute atomic E-state index is 0.100. The van der Waals surface area contributed by atoms with Gasteiger partial charge in [0.1, 0.15) is 6.04 Å². The number of amides is 2. The third kappa shape index (κ3) is 4.00. The molecule has 6 heteroatoms. The summed E-state index contributed by atoms with van der Waals surface area (Å²) in [5.74, 6) is -0.507. The first-order valence-corrected chi connectivity index (χ1v) is 6.08. The zero-order valence-electron chi connectivity index (χ0n) is 10.9. The maximum Gasteiger partial charge on any atom is 0.237 e. The van der Waals surface area contributed by atoms with Crippen molar-refractivity contribution in [3.05, 3.63) is 0 Å². The normalized spacial score (nSPS) is 19.6. The predicted molar refractivity (Wildman–Crippen MR) is 66.2 cm³/mol. The molecule has 1 aliphatic heterocycles. The Morgan fingerprint density at radius 1 is 1.56 bits per heavy atom. The van der Waals surface area contributed by atoms with Crippen LogP contribution in [0.4, 0.5) is 0 Å². The molecule has 0 unspecified atom stereocenters. The number of likely N-dealkylation sites (tertiary alicyclic amines) is 1. The zero-order valence-corrected chi connectivity index (χ0v) is 10.9. The number of primary amides is 1. The van der Waals surface area contributed by atoms with Gasteiger partial charge in [-0.3, -0.25) is 9.59 Å². The van der Waals surface area contributed by atoms with Crippen molar-refractivity contribution in [3.63, 3.8) is 0 Å². The van der Waals surface area contributed by atoms with Crippen LogP contribution in [0.5, 0.6) is 0 Å². The molecular weight excluding hydrogens is 232 g/mol. The van der Waals surface area contributed by atoms with Crippen LogP contribution < -0.4 is 11.1 Å². The molecule has 2 amide bonds. The first-order valence-electron chi connectivity index (χ1n) is 6.08. The summed E-state index contributed by atoms with van der Waals surface area (Å²) in [6.07, 6.45) is 1.78. The molecule has 1 fully saturated rings. The molecule has 0 aromatic heterocycles. The highest BCUT2D eigenvalue weighted by Crippen LogP contribution is 2.16. The van der Waals surface area contributed by atoms with E-state index in [9.17, 15) is 9.59 Å². The van der Waals surface area contributed by atoms with Gasteiger partial charge in [0.2, 0.25) is 11.8 Å². The molecule has 6 nitrogen and oxygen atoms in total. The van der Waals surface area contributed by atoms with Gasteiger partial charge < -0.3 is 16.0 Å². The first kappa shape index (κ1) is 14.5. The van der Waals surface area contributed by atoms with Crippen molar-refractivity contribution in [2.45, 2.75) is 44.7 Å². The third-order valence-corrected chi connectivity index (χ3v) is 3.06. The van der Waals surface area contributed by atoms with Gasteiger partial charge in [-0.2, -0.15) is 5.26 Å². The number of rotatable bonds is 5. The second-order valence-corrected chi connectivity index (χ2v) is 5.25. The van der Waals surface area contributed by atoms with E-state index in [0.29, 0.717) is 6.54 Å². The Kier molecular flexibility index (Phi) is 4.68. The topological polar surface area (TPSA) is 99.2 Å². The first-order chi connectivity index (χ1) is 8.35. The molecule has 0 spiro atoms. The smallest absolute Gasteiger partial charge is 0.237 e. The summed E-state index contributed by atoms with van der Waals surface area (Å²) in [5.41, 5.74) is 4.62. The molecular formula is C12H20N4O2. The second kappa shape index (κ2) is 5.83. The molecule has 0 saturated carbocycles. The number of carbonyl (C=O) groups excluding carboxylic acids is 2. The van der Waals surface area contributed by atoms with Crippen LogP contribution in [-0.2, 0) is 9.59 Å². The molecule has 100 valence electrons. The molecule has 0 aromatic rings. The standard InChI is InChI=1S/C12H20N4O2/c1-12(2,6-10(14)17)15-8-11(18)16-5-3-4-9(16)7-13/h9,15H,3-6,8H2,1-2H3,(H2,14,17)/t9-/m0/s1. The molecule has 1 atom stereocenters. The summed E-state index contributed by atoms with van der Waals surface area (Å²) in [6, 6.07) is 1.82. The van der Waals surface area contributed by atoms with E-state index in [-0.39, 0.29) is 24.9 Å². The average Bonchev–Trinajstić information content (AvgIpc) is 2.72. The number of hydrogen-bond donors (Lipinski definition) is 2. The van der Waals surface area contributed by atoms with Gasteiger partial charge in [0, 0.05) is 18.5 Å². The monoisotopic (exact) mass is 252 g/mol. The lowest BCUT2D eigenvalue weighted by Crippen LogP contribution is -2.49. The molecule has 1 rings (SSSR count). The quantitative estimate of drug-likeness (QED) is 0.704. The Labute approximate surface area is 107 Å². The molecule has 18 heavy (non-hydrogen) atoms. The second-order valence-electron chi connectivity index (χ2n) is 5.25. The van der Waals surface area contributed by atoms with Gasteiger partial charge in [0.05, 0.1) is 12.6 Å². The number of nitrogens with zero attached hydrogens (tertiary/aromatic N) is 2. The molecule has 0 radical (unpaired) electrons. The average molecular weight is 252 g/mol. The van der Waals surface area contributed by atoms with Crippen molar-refractivity contribution in [1.82, 2.24) is 10.2 Å². The summed E-state index contributed by atoms with van der Waals surface area (Å²) in [5, 5.41) is 11.9. The molecule has 0 aromatic carbocycles. The Bertz CT molecular complexity index is 373. The summed E-state index contributed by atoms with van der Waals surface area (Å²) in [4.78, 5) is 24.4. The fourth-order valence-corrected chi connectivity index (χ4v) is 2.11. The highest BCUT2D eigenvalue weighted by atomic mass is 16.2. The molecule has 0 bridgehead atoms. The highest BCUT2D eigenvalue weighted by molar-refractivity contribution is 5.79. The SMILES string of the molecule is CC(C)(CC(N)=O)NCC(=O)N1CCC[C@H]1C#N. The Balaban J connectivity index is 2.46. The van der Waals surface area contributed by atoms with E-state index in [1.807, 2.05) is 13.8 Å². The summed E-state index contributed by atoms with van der Waals surface area (Å²) < 4.78 is 0. The van der Waals surface area contributed by atoms with E-state index in [2.05, 4.69) is 11.4 Å². The van der Waals surface area contributed by atoms with E-state index in [1.54, 1.807) is 4.90 Å². The van der Waals surface area contributed by atoms with Crippen molar-refractivity contribution in [3.8, 4) is 6.07 Å². The fourth-order valence-electron chi connectivity index (χ4n) is 2.11. The van der Waals surface area contributed by atoms with Gasteiger partial charge in [-0.15, -0.1) is 0 Å². The summed E-state index contributed by atoms with van der Waals surface area (Å²) in [6.45, 7) is 4.39. The van der Waals surface area contributed by atoms with Gasteiger partial charge in [0.25, 0.3) is 0 Å². The number of hydrogen-bond acceptors (Lipinski definition) is 4. The van der Waals surface area contributed by atoms with Crippen LogP contribution in [0.2, 0.25) is 0 Å². The van der Waals surface area contributed by atoms with E-state index in [0.717, 1.165) is 12.8 Å². The van der Waals surface area contributed by atoms with Crippen LogP contribution in [-0.4, -0.2) is 41.4 Å². The van der Waals surface area contributed by atoms with Crippen LogP contribution in [0.3, 0.4) is 0 Å². The lowest BCUT2D eigenvalue weighted by molar-refractivity contribution is -0.131. The van der Waals surface area contributed by atoms with Crippen molar-refractivity contribution in [2.75, 3.05) is 13.1 Å². The molecule has 1 saturated heterocycles. The predicted octanol–water partition coefficient (Wildman–Crippen LogP) is -0.255. The van der Waals surface area contributed by atoms with E-state index in [4.69, 9.17) is 11.0 Å². The van der Waals surface area contributed by atoms with Gasteiger partial charge in [0.15, 0.2) is 0 Å². The van der Waals surface area contributed by atoms with Gasteiger partial charge in [-0.05, 0) is 26.7 Å². The Hall–Kier alpha value is -1.61.